The smallest absolute Gasteiger partial charge is 0.251 e. The van der Waals surface area contributed by atoms with E-state index < -0.39 is 0 Å². The van der Waals surface area contributed by atoms with Crippen LogP contribution in [0.4, 0.5) is 4.39 Å². The molecule has 7 nitrogen and oxygen atoms in total. The molecule has 3 heterocycles. The van der Waals surface area contributed by atoms with E-state index in [0.717, 1.165) is 12.8 Å². The standard InChI is InChI=1S/C21H20FN5O2/c22-16-5-1-3-14(9-16)10-20(29)27-8-2-4-15(13-27)17-11-19(28)26-21(25-17)18-12-23-6-7-24-18/h1,3,5-7,9,11-12,15H,2,4,8,10,13H2,(H,25,26,28)/t15-/m1/s1. The molecule has 1 aromatic carbocycles. The number of aromatic nitrogens is 4. The molecule has 8 heteroatoms. The number of nitrogens with zero attached hydrogens (tertiary/aromatic N) is 4. The van der Waals surface area contributed by atoms with E-state index in [4.69, 9.17) is 0 Å². The van der Waals surface area contributed by atoms with Gasteiger partial charge in [-0.25, -0.2) is 14.4 Å². The molecule has 4 rings (SSSR count). The van der Waals surface area contributed by atoms with Gasteiger partial charge in [0.25, 0.3) is 5.56 Å². The van der Waals surface area contributed by atoms with Gasteiger partial charge in [-0.3, -0.25) is 14.6 Å². The largest absolute Gasteiger partial charge is 0.342 e. The predicted octanol–water partition coefficient (Wildman–Crippen LogP) is 2.31. The van der Waals surface area contributed by atoms with Crippen LogP contribution in [0.25, 0.3) is 11.5 Å². The highest BCUT2D eigenvalue weighted by Gasteiger charge is 2.26. The maximum atomic E-state index is 13.4. The number of hydrogen-bond acceptors (Lipinski definition) is 5. The second-order valence-corrected chi connectivity index (χ2v) is 7.10. The molecule has 0 radical (unpaired) electrons. The molecule has 1 aliphatic rings. The van der Waals surface area contributed by atoms with Gasteiger partial charge in [0.2, 0.25) is 5.91 Å². The molecule has 2 aromatic heterocycles. The van der Waals surface area contributed by atoms with Gasteiger partial charge in [-0.2, -0.15) is 0 Å². The molecule has 1 aliphatic heterocycles. The summed E-state index contributed by atoms with van der Waals surface area (Å²) < 4.78 is 13.4. The van der Waals surface area contributed by atoms with Crippen LogP contribution in [0.5, 0.6) is 0 Å². The molecule has 1 saturated heterocycles. The molecule has 1 fully saturated rings. The Morgan fingerprint density at radius 3 is 2.97 bits per heavy atom. The quantitative estimate of drug-likeness (QED) is 0.734. The van der Waals surface area contributed by atoms with Crippen molar-refractivity contribution in [2.45, 2.75) is 25.2 Å². The van der Waals surface area contributed by atoms with Gasteiger partial charge in [0.1, 0.15) is 11.5 Å². The first-order valence-electron chi connectivity index (χ1n) is 9.48. The summed E-state index contributed by atoms with van der Waals surface area (Å²) in [4.78, 5) is 42.1. The lowest BCUT2D eigenvalue weighted by Gasteiger charge is -2.32. The van der Waals surface area contributed by atoms with Crippen LogP contribution in [0.2, 0.25) is 0 Å². The molecule has 0 saturated carbocycles. The Hall–Kier alpha value is -3.42. The number of carbonyl (C=O) groups is 1. The molecule has 1 amide bonds. The number of aromatic amines is 1. The van der Waals surface area contributed by atoms with Crippen molar-refractivity contribution in [1.29, 1.82) is 0 Å². The van der Waals surface area contributed by atoms with Crippen LogP contribution in [0.1, 0.15) is 30.0 Å². The maximum absolute atomic E-state index is 13.4. The minimum atomic E-state index is -0.351. The molecule has 29 heavy (non-hydrogen) atoms. The van der Waals surface area contributed by atoms with Crippen molar-refractivity contribution in [3.63, 3.8) is 0 Å². The first-order chi connectivity index (χ1) is 14.1. The van der Waals surface area contributed by atoms with Gasteiger partial charge in [0, 0.05) is 37.5 Å². The summed E-state index contributed by atoms with van der Waals surface area (Å²) in [5.74, 6) is -0.0860. The maximum Gasteiger partial charge on any atom is 0.251 e. The molecule has 1 atom stereocenters. The number of likely N-dealkylation sites (tertiary alicyclic amines) is 1. The zero-order valence-electron chi connectivity index (χ0n) is 15.7. The lowest BCUT2D eigenvalue weighted by atomic mass is 9.94. The van der Waals surface area contributed by atoms with Gasteiger partial charge in [-0.15, -0.1) is 0 Å². The average Bonchev–Trinajstić information content (AvgIpc) is 2.74. The highest BCUT2D eigenvalue weighted by Crippen LogP contribution is 2.26. The second kappa shape index (κ2) is 8.30. The number of benzene rings is 1. The topological polar surface area (TPSA) is 91.8 Å². The molecule has 148 valence electrons. The fraction of sp³-hybridized carbons (Fsp3) is 0.286. The first-order valence-corrected chi connectivity index (χ1v) is 9.48. The Morgan fingerprint density at radius 2 is 2.17 bits per heavy atom. The van der Waals surface area contributed by atoms with Crippen molar-refractivity contribution in [2.24, 2.45) is 0 Å². The zero-order chi connectivity index (χ0) is 20.2. The number of piperidine rings is 1. The van der Waals surface area contributed by atoms with Gasteiger partial charge in [-0.05, 0) is 30.5 Å². The number of halogens is 1. The van der Waals surface area contributed by atoms with Crippen molar-refractivity contribution in [1.82, 2.24) is 24.8 Å². The fourth-order valence-electron chi connectivity index (χ4n) is 3.61. The molecule has 3 aromatic rings. The van der Waals surface area contributed by atoms with E-state index in [0.29, 0.717) is 35.9 Å². The van der Waals surface area contributed by atoms with Crippen molar-refractivity contribution >= 4 is 5.91 Å². The van der Waals surface area contributed by atoms with E-state index in [-0.39, 0.29) is 29.6 Å². The minimum Gasteiger partial charge on any atom is -0.342 e. The number of hydrogen-bond donors (Lipinski definition) is 1. The first kappa shape index (κ1) is 18.9. The number of nitrogens with one attached hydrogen (secondary N) is 1. The van der Waals surface area contributed by atoms with Crippen LogP contribution < -0.4 is 5.56 Å². The van der Waals surface area contributed by atoms with Crippen LogP contribution in [0, 0.1) is 5.82 Å². The fourth-order valence-corrected chi connectivity index (χ4v) is 3.61. The SMILES string of the molecule is O=C(Cc1cccc(F)c1)N1CCC[C@@H](c2cc(=O)[nH]c(-c3cnccn3)n2)C1. The Labute approximate surface area is 166 Å². The third-order valence-corrected chi connectivity index (χ3v) is 5.00. The average molecular weight is 393 g/mol. The third kappa shape index (κ3) is 4.53. The van der Waals surface area contributed by atoms with E-state index in [9.17, 15) is 14.0 Å². The second-order valence-electron chi connectivity index (χ2n) is 7.10. The summed E-state index contributed by atoms with van der Waals surface area (Å²) in [6.07, 6.45) is 6.43. The van der Waals surface area contributed by atoms with Crippen molar-refractivity contribution in [2.75, 3.05) is 13.1 Å². The summed E-state index contributed by atoms with van der Waals surface area (Å²) in [5, 5.41) is 0. The molecule has 0 aliphatic carbocycles. The monoisotopic (exact) mass is 393 g/mol. The number of amides is 1. The highest BCUT2D eigenvalue weighted by atomic mass is 19.1. The Morgan fingerprint density at radius 1 is 1.28 bits per heavy atom. The Kier molecular flexibility index (Phi) is 5.41. The summed E-state index contributed by atoms with van der Waals surface area (Å²) in [6, 6.07) is 7.56. The van der Waals surface area contributed by atoms with E-state index >= 15 is 0 Å². The van der Waals surface area contributed by atoms with Gasteiger partial charge in [-0.1, -0.05) is 12.1 Å². The number of rotatable bonds is 4. The van der Waals surface area contributed by atoms with Gasteiger partial charge in [0.15, 0.2) is 5.82 Å². The van der Waals surface area contributed by atoms with E-state index in [1.807, 2.05) is 0 Å². The summed E-state index contributed by atoms with van der Waals surface area (Å²) in [5.41, 5.74) is 1.51. The Balaban J connectivity index is 1.52. The predicted molar refractivity (Wildman–Crippen MR) is 105 cm³/mol. The normalized spacial score (nSPS) is 16.6. The summed E-state index contributed by atoms with van der Waals surface area (Å²) in [6.45, 7) is 1.12. The molecule has 0 unspecified atom stereocenters. The van der Waals surface area contributed by atoms with Crippen molar-refractivity contribution in [3.8, 4) is 11.5 Å². The van der Waals surface area contributed by atoms with Crippen LogP contribution >= 0.6 is 0 Å². The van der Waals surface area contributed by atoms with Crippen LogP contribution in [-0.2, 0) is 11.2 Å². The Bertz CT molecular complexity index is 1070. The van der Waals surface area contributed by atoms with Crippen LogP contribution in [0.15, 0.2) is 53.7 Å². The van der Waals surface area contributed by atoms with E-state index in [1.165, 1.54) is 30.6 Å². The van der Waals surface area contributed by atoms with Gasteiger partial charge < -0.3 is 9.88 Å². The third-order valence-electron chi connectivity index (χ3n) is 5.00. The van der Waals surface area contributed by atoms with Gasteiger partial charge in [0.05, 0.1) is 18.3 Å². The molecule has 1 N–H and O–H groups in total. The van der Waals surface area contributed by atoms with Crippen LogP contribution in [0.3, 0.4) is 0 Å². The van der Waals surface area contributed by atoms with Crippen LogP contribution in [-0.4, -0.2) is 43.8 Å². The van der Waals surface area contributed by atoms with Gasteiger partial charge >= 0.3 is 0 Å². The van der Waals surface area contributed by atoms with E-state index in [1.54, 1.807) is 23.2 Å². The highest BCUT2D eigenvalue weighted by molar-refractivity contribution is 5.79. The molecule has 0 spiro atoms. The summed E-state index contributed by atoms with van der Waals surface area (Å²) >= 11 is 0. The summed E-state index contributed by atoms with van der Waals surface area (Å²) in [7, 11) is 0. The van der Waals surface area contributed by atoms with Crippen molar-refractivity contribution < 1.29 is 9.18 Å². The lowest BCUT2D eigenvalue weighted by molar-refractivity contribution is -0.131. The molecular weight excluding hydrogens is 373 g/mol. The number of H-pyrrole nitrogens is 1. The molecular formula is C21H20FN5O2. The lowest BCUT2D eigenvalue weighted by Crippen LogP contribution is -2.40. The minimum absolute atomic E-state index is 0.0436. The zero-order valence-corrected chi connectivity index (χ0v) is 15.7. The van der Waals surface area contributed by atoms with E-state index in [2.05, 4.69) is 19.9 Å². The molecule has 0 bridgehead atoms. The number of carbonyl (C=O) groups excluding carboxylic acids is 1. The van der Waals surface area contributed by atoms with Crippen molar-refractivity contribution in [3.05, 3.63) is 76.4 Å².